The maximum Gasteiger partial charge on any atom is 0.420 e. The van der Waals surface area contributed by atoms with Crippen molar-refractivity contribution in [1.82, 2.24) is 0 Å². The van der Waals surface area contributed by atoms with Crippen molar-refractivity contribution in [3.8, 4) is 5.75 Å². The van der Waals surface area contributed by atoms with Crippen molar-refractivity contribution in [1.29, 1.82) is 0 Å². The normalized spacial score (nSPS) is 11.5. The van der Waals surface area contributed by atoms with Gasteiger partial charge in [-0.1, -0.05) is 12.1 Å². The topological polar surface area (TPSA) is 26.3 Å². The first kappa shape index (κ1) is 18.9. The summed E-state index contributed by atoms with van der Waals surface area (Å²) in [6.45, 7) is 3.10. The lowest BCUT2D eigenvalue weighted by atomic mass is 9.96. The second-order valence-electron chi connectivity index (χ2n) is 5.43. The monoisotopic (exact) mass is 358 g/mol. The second kappa shape index (κ2) is 7.21. The standard InChI is InChI=1S/C18H15F5O2/c1-3-25-15-7-6-12(16(17(15)20)18(21,22)23)14(24)9-11-5-4-10(2)8-13(11)19/h4-8H,3,9H2,1-2H3. The smallest absolute Gasteiger partial charge is 0.420 e. The third-order valence-corrected chi connectivity index (χ3v) is 3.55. The first-order chi connectivity index (χ1) is 11.6. The molecule has 0 aliphatic heterocycles. The van der Waals surface area contributed by atoms with E-state index in [4.69, 9.17) is 4.74 Å². The fourth-order valence-corrected chi connectivity index (χ4v) is 2.40. The molecule has 7 heteroatoms. The van der Waals surface area contributed by atoms with Crippen LogP contribution >= 0.6 is 0 Å². The third kappa shape index (κ3) is 4.15. The van der Waals surface area contributed by atoms with Gasteiger partial charge in [0.2, 0.25) is 0 Å². The molecule has 0 saturated carbocycles. The van der Waals surface area contributed by atoms with Crippen LogP contribution in [-0.4, -0.2) is 12.4 Å². The summed E-state index contributed by atoms with van der Waals surface area (Å²) in [5, 5.41) is 0. The van der Waals surface area contributed by atoms with Crippen LogP contribution in [0.4, 0.5) is 22.0 Å². The lowest BCUT2D eigenvalue weighted by molar-refractivity contribution is -0.140. The molecule has 0 amide bonds. The number of alkyl halides is 3. The molecule has 0 heterocycles. The Hall–Kier alpha value is -2.44. The molecule has 2 rings (SSSR count). The quantitative estimate of drug-likeness (QED) is 0.548. The molecule has 0 aliphatic rings. The zero-order valence-corrected chi connectivity index (χ0v) is 13.5. The number of halogens is 5. The summed E-state index contributed by atoms with van der Waals surface area (Å²) in [4.78, 5) is 12.3. The van der Waals surface area contributed by atoms with Crippen molar-refractivity contribution in [2.45, 2.75) is 26.4 Å². The number of carbonyl (C=O) groups excluding carboxylic acids is 1. The van der Waals surface area contributed by atoms with Crippen molar-refractivity contribution in [2.75, 3.05) is 6.61 Å². The maximum absolute atomic E-state index is 14.2. The Morgan fingerprint density at radius 2 is 1.80 bits per heavy atom. The molecule has 0 aliphatic carbocycles. The van der Waals surface area contributed by atoms with Gasteiger partial charge in [0, 0.05) is 12.0 Å². The van der Waals surface area contributed by atoms with Gasteiger partial charge in [-0.3, -0.25) is 4.79 Å². The van der Waals surface area contributed by atoms with Gasteiger partial charge in [0.15, 0.2) is 17.3 Å². The summed E-state index contributed by atoms with van der Waals surface area (Å²) in [5.74, 6) is -3.97. The number of carbonyl (C=O) groups is 1. The van der Waals surface area contributed by atoms with Gasteiger partial charge in [-0.2, -0.15) is 13.2 Å². The Morgan fingerprint density at radius 3 is 2.36 bits per heavy atom. The molecule has 2 aromatic rings. The summed E-state index contributed by atoms with van der Waals surface area (Å²) >= 11 is 0. The number of rotatable bonds is 5. The van der Waals surface area contributed by atoms with Crippen molar-refractivity contribution in [3.63, 3.8) is 0 Å². The molecule has 0 aromatic heterocycles. The van der Waals surface area contributed by atoms with E-state index in [1.165, 1.54) is 25.1 Å². The van der Waals surface area contributed by atoms with E-state index in [9.17, 15) is 26.7 Å². The molecule has 0 saturated heterocycles. The van der Waals surface area contributed by atoms with Crippen molar-refractivity contribution in [2.24, 2.45) is 0 Å². The highest BCUT2D eigenvalue weighted by atomic mass is 19.4. The van der Waals surface area contributed by atoms with Gasteiger partial charge in [-0.15, -0.1) is 0 Å². The van der Waals surface area contributed by atoms with Gasteiger partial charge in [-0.05, 0) is 43.2 Å². The minimum absolute atomic E-state index is 0.0317. The van der Waals surface area contributed by atoms with Crippen LogP contribution < -0.4 is 4.74 Å². The zero-order chi connectivity index (χ0) is 18.8. The molecular weight excluding hydrogens is 343 g/mol. The van der Waals surface area contributed by atoms with Crippen LogP contribution in [0.1, 0.15) is 34.0 Å². The highest BCUT2D eigenvalue weighted by Crippen LogP contribution is 2.38. The average molecular weight is 358 g/mol. The Bertz CT molecular complexity index is 797. The van der Waals surface area contributed by atoms with Gasteiger partial charge < -0.3 is 4.74 Å². The van der Waals surface area contributed by atoms with E-state index in [0.717, 1.165) is 12.1 Å². The number of Topliss-reactive ketones (excluding diaryl/α,β-unsaturated/α-hetero) is 1. The van der Waals surface area contributed by atoms with Crippen LogP contribution in [0, 0.1) is 18.6 Å². The Kier molecular flexibility index (Phi) is 5.45. The minimum atomic E-state index is -5.09. The van der Waals surface area contributed by atoms with E-state index < -0.39 is 46.9 Å². The summed E-state index contributed by atoms with van der Waals surface area (Å²) in [7, 11) is 0. The Labute approximate surface area is 141 Å². The number of ketones is 1. The van der Waals surface area contributed by atoms with Crippen molar-refractivity contribution >= 4 is 5.78 Å². The number of ether oxygens (including phenoxy) is 1. The van der Waals surface area contributed by atoms with E-state index >= 15 is 0 Å². The van der Waals surface area contributed by atoms with Crippen LogP contribution in [-0.2, 0) is 12.6 Å². The van der Waals surface area contributed by atoms with Gasteiger partial charge in [0.1, 0.15) is 11.4 Å². The summed E-state index contributed by atoms with van der Waals surface area (Å²) in [6, 6.07) is 5.85. The van der Waals surface area contributed by atoms with Crippen LogP contribution in [0.5, 0.6) is 5.75 Å². The minimum Gasteiger partial charge on any atom is -0.491 e. The predicted molar refractivity (Wildman–Crippen MR) is 81.7 cm³/mol. The first-order valence-corrected chi connectivity index (χ1v) is 7.45. The molecule has 0 radical (unpaired) electrons. The van der Waals surface area contributed by atoms with Gasteiger partial charge >= 0.3 is 6.18 Å². The van der Waals surface area contributed by atoms with Gasteiger partial charge in [0.05, 0.1) is 6.61 Å². The lowest BCUT2D eigenvalue weighted by Crippen LogP contribution is -2.18. The molecule has 0 fully saturated rings. The van der Waals surface area contributed by atoms with E-state index in [-0.39, 0.29) is 12.2 Å². The number of hydrogen-bond donors (Lipinski definition) is 0. The van der Waals surface area contributed by atoms with E-state index in [2.05, 4.69) is 0 Å². The molecule has 134 valence electrons. The molecule has 0 bridgehead atoms. The molecule has 0 atom stereocenters. The molecule has 0 spiro atoms. The molecule has 2 aromatic carbocycles. The summed E-state index contributed by atoms with van der Waals surface area (Å²) in [6.07, 6.45) is -5.70. The third-order valence-electron chi connectivity index (χ3n) is 3.55. The van der Waals surface area contributed by atoms with E-state index in [1.807, 2.05) is 0 Å². The van der Waals surface area contributed by atoms with Crippen LogP contribution in [0.3, 0.4) is 0 Å². The van der Waals surface area contributed by atoms with Gasteiger partial charge in [-0.25, -0.2) is 8.78 Å². The van der Waals surface area contributed by atoms with Crippen LogP contribution in [0.25, 0.3) is 0 Å². The molecule has 0 N–H and O–H groups in total. The highest BCUT2D eigenvalue weighted by molar-refractivity contribution is 5.99. The average Bonchev–Trinajstić information content (AvgIpc) is 2.50. The van der Waals surface area contributed by atoms with E-state index in [1.54, 1.807) is 6.92 Å². The molecule has 25 heavy (non-hydrogen) atoms. The zero-order valence-electron chi connectivity index (χ0n) is 13.5. The second-order valence-corrected chi connectivity index (χ2v) is 5.43. The highest BCUT2D eigenvalue weighted by Gasteiger charge is 2.40. The maximum atomic E-state index is 14.2. The lowest BCUT2D eigenvalue weighted by Gasteiger charge is -2.16. The number of benzene rings is 2. The largest absolute Gasteiger partial charge is 0.491 e. The SMILES string of the molecule is CCOc1ccc(C(=O)Cc2ccc(C)cc2F)c(C(F)(F)F)c1F. The Balaban J connectivity index is 2.47. The fourth-order valence-electron chi connectivity index (χ4n) is 2.40. The number of hydrogen-bond acceptors (Lipinski definition) is 2. The van der Waals surface area contributed by atoms with Crippen molar-refractivity contribution < 1.29 is 31.5 Å². The van der Waals surface area contributed by atoms with E-state index in [0.29, 0.717) is 5.56 Å². The van der Waals surface area contributed by atoms with Crippen LogP contribution in [0.2, 0.25) is 0 Å². The number of aryl methyl sites for hydroxylation is 1. The first-order valence-electron chi connectivity index (χ1n) is 7.45. The predicted octanol–water partition coefficient (Wildman–Crippen LogP) is 5.12. The summed E-state index contributed by atoms with van der Waals surface area (Å²) in [5.41, 5.74) is -2.00. The Morgan fingerprint density at radius 1 is 1.12 bits per heavy atom. The molecule has 2 nitrogen and oxygen atoms in total. The van der Waals surface area contributed by atoms with Crippen LogP contribution in [0.15, 0.2) is 30.3 Å². The molecule has 0 unspecified atom stereocenters. The fraction of sp³-hybridized carbons (Fsp3) is 0.278. The van der Waals surface area contributed by atoms with Crippen molar-refractivity contribution in [3.05, 3.63) is 64.2 Å². The summed E-state index contributed by atoms with van der Waals surface area (Å²) < 4.78 is 72.5. The molecular formula is C18H15F5O2. The van der Waals surface area contributed by atoms with Gasteiger partial charge in [0.25, 0.3) is 0 Å².